The van der Waals surface area contributed by atoms with E-state index < -0.39 is 4.92 Å². The molecule has 1 fully saturated rings. The number of carbonyl (C=O) groups is 1. The van der Waals surface area contributed by atoms with Gasteiger partial charge in [0.05, 0.1) is 25.2 Å². The molecule has 1 aromatic carbocycles. The zero-order chi connectivity index (χ0) is 19.8. The lowest BCUT2D eigenvalue weighted by Crippen LogP contribution is -2.34. The van der Waals surface area contributed by atoms with Gasteiger partial charge in [-0.2, -0.15) is 0 Å². The van der Waals surface area contributed by atoms with Gasteiger partial charge in [-0.25, -0.2) is 0 Å². The Labute approximate surface area is 159 Å². The first kappa shape index (κ1) is 21.0. The SMILES string of the molecule is COc1cc(CCNC(=O)CC(C)C2CCNCC2)c([N+](=O)[O-])cc1OC. The van der Waals surface area contributed by atoms with Crippen molar-refractivity contribution in [1.82, 2.24) is 10.6 Å². The zero-order valence-electron chi connectivity index (χ0n) is 16.2. The molecule has 150 valence electrons. The molecule has 2 rings (SSSR count). The Kier molecular flexibility index (Phi) is 7.84. The van der Waals surface area contributed by atoms with Crippen LogP contribution >= 0.6 is 0 Å². The van der Waals surface area contributed by atoms with Crippen molar-refractivity contribution in [2.45, 2.75) is 32.6 Å². The first-order valence-electron chi connectivity index (χ1n) is 9.33. The zero-order valence-corrected chi connectivity index (χ0v) is 16.2. The van der Waals surface area contributed by atoms with Crippen LogP contribution in [0.3, 0.4) is 0 Å². The third-order valence-electron chi connectivity index (χ3n) is 5.19. The maximum atomic E-state index is 12.2. The number of amides is 1. The Bertz CT molecular complexity index is 659. The number of methoxy groups -OCH3 is 2. The van der Waals surface area contributed by atoms with Gasteiger partial charge in [0.25, 0.3) is 5.69 Å². The number of nitrogens with zero attached hydrogens (tertiary/aromatic N) is 1. The highest BCUT2D eigenvalue weighted by Gasteiger charge is 2.22. The summed E-state index contributed by atoms with van der Waals surface area (Å²) in [6.07, 6.45) is 3.04. The number of benzene rings is 1. The van der Waals surface area contributed by atoms with Crippen molar-refractivity contribution < 1.29 is 19.2 Å². The number of nitrogens with one attached hydrogen (secondary N) is 2. The van der Waals surface area contributed by atoms with Crippen LogP contribution in [0.25, 0.3) is 0 Å². The molecule has 0 radical (unpaired) electrons. The van der Waals surface area contributed by atoms with E-state index in [2.05, 4.69) is 17.6 Å². The van der Waals surface area contributed by atoms with Crippen molar-refractivity contribution >= 4 is 11.6 Å². The van der Waals surface area contributed by atoms with Gasteiger partial charge in [0.1, 0.15) is 0 Å². The van der Waals surface area contributed by atoms with E-state index in [0.717, 1.165) is 25.9 Å². The highest BCUT2D eigenvalue weighted by Crippen LogP contribution is 2.34. The van der Waals surface area contributed by atoms with Crippen LogP contribution in [0.15, 0.2) is 12.1 Å². The number of hydrogen-bond acceptors (Lipinski definition) is 6. The fourth-order valence-electron chi connectivity index (χ4n) is 3.56. The van der Waals surface area contributed by atoms with Crippen molar-refractivity contribution in [2.75, 3.05) is 33.9 Å². The minimum absolute atomic E-state index is 0.0100. The highest BCUT2D eigenvalue weighted by atomic mass is 16.6. The second-order valence-electron chi connectivity index (χ2n) is 6.96. The van der Waals surface area contributed by atoms with Gasteiger partial charge in [0, 0.05) is 18.5 Å². The highest BCUT2D eigenvalue weighted by molar-refractivity contribution is 5.76. The monoisotopic (exact) mass is 379 g/mol. The summed E-state index contributed by atoms with van der Waals surface area (Å²) < 4.78 is 10.3. The summed E-state index contributed by atoms with van der Waals surface area (Å²) in [4.78, 5) is 23.1. The average Bonchev–Trinajstić information content (AvgIpc) is 2.67. The molecule has 1 aliphatic heterocycles. The molecule has 1 unspecified atom stereocenters. The molecular formula is C19H29N3O5. The third kappa shape index (κ3) is 5.82. The Morgan fingerprint density at radius 1 is 1.30 bits per heavy atom. The molecule has 1 heterocycles. The fraction of sp³-hybridized carbons (Fsp3) is 0.632. The quantitative estimate of drug-likeness (QED) is 0.504. The van der Waals surface area contributed by atoms with Crippen molar-refractivity contribution in [3.05, 3.63) is 27.8 Å². The Balaban J connectivity index is 1.91. The first-order chi connectivity index (χ1) is 13.0. The van der Waals surface area contributed by atoms with E-state index in [1.54, 1.807) is 6.07 Å². The van der Waals surface area contributed by atoms with Crippen molar-refractivity contribution in [1.29, 1.82) is 0 Å². The number of ether oxygens (including phenoxy) is 2. The van der Waals surface area contributed by atoms with E-state index in [9.17, 15) is 14.9 Å². The molecule has 27 heavy (non-hydrogen) atoms. The molecule has 0 aromatic heterocycles. The van der Waals surface area contributed by atoms with Crippen LogP contribution in [-0.2, 0) is 11.2 Å². The second kappa shape index (κ2) is 10.1. The van der Waals surface area contributed by atoms with Crippen LogP contribution in [0.4, 0.5) is 5.69 Å². The molecule has 0 spiro atoms. The fourth-order valence-corrected chi connectivity index (χ4v) is 3.56. The smallest absolute Gasteiger partial charge is 0.276 e. The molecule has 0 aliphatic carbocycles. The van der Waals surface area contributed by atoms with Crippen LogP contribution in [0, 0.1) is 22.0 Å². The van der Waals surface area contributed by atoms with Gasteiger partial charge in [-0.1, -0.05) is 6.92 Å². The van der Waals surface area contributed by atoms with E-state index in [1.165, 1.54) is 20.3 Å². The lowest BCUT2D eigenvalue weighted by Gasteiger charge is -2.27. The maximum absolute atomic E-state index is 12.2. The second-order valence-corrected chi connectivity index (χ2v) is 6.96. The standard InChI is InChI=1S/C19H29N3O5/c1-13(14-4-7-20-8-5-14)10-19(23)21-9-6-15-11-17(26-2)18(27-3)12-16(15)22(24)25/h11-14,20H,4-10H2,1-3H3,(H,21,23). The Morgan fingerprint density at radius 2 is 1.93 bits per heavy atom. The van der Waals surface area contributed by atoms with E-state index in [-0.39, 0.29) is 11.6 Å². The third-order valence-corrected chi connectivity index (χ3v) is 5.19. The molecule has 8 heteroatoms. The lowest BCUT2D eigenvalue weighted by atomic mass is 9.84. The summed E-state index contributed by atoms with van der Waals surface area (Å²) in [5.41, 5.74) is 0.467. The number of hydrogen-bond donors (Lipinski definition) is 2. The van der Waals surface area contributed by atoms with Gasteiger partial charge < -0.3 is 20.1 Å². The first-order valence-corrected chi connectivity index (χ1v) is 9.33. The molecule has 2 N–H and O–H groups in total. The summed E-state index contributed by atoms with van der Waals surface area (Å²) in [6.45, 7) is 4.49. The Morgan fingerprint density at radius 3 is 2.52 bits per heavy atom. The summed E-state index contributed by atoms with van der Waals surface area (Å²) in [6, 6.07) is 2.95. The number of nitro groups is 1. The molecular weight excluding hydrogens is 350 g/mol. The van der Waals surface area contributed by atoms with Crippen LogP contribution < -0.4 is 20.1 Å². The summed E-state index contributed by atoms with van der Waals surface area (Å²) in [5, 5.41) is 17.5. The van der Waals surface area contributed by atoms with Gasteiger partial charge in [-0.3, -0.25) is 14.9 Å². The van der Waals surface area contributed by atoms with Gasteiger partial charge in [0.15, 0.2) is 11.5 Å². The van der Waals surface area contributed by atoms with Gasteiger partial charge in [-0.15, -0.1) is 0 Å². The number of piperidine rings is 1. The largest absolute Gasteiger partial charge is 0.493 e. The van der Waals surface area contributed by atoms with Gasteiger partial charge in [-0.05, 0) is 50.3 Å². The number of nitro benzene ring substituents is 1. The maximum Gasteiger partial charge on any atom is 0.276 e. The molecule has 1 amide bonds. The topological polar surface area (TPSA) is 103 Å². The van der Waals surface area contributed by atoms with Gasteiger partial charge >= 0.3 is 0 Å². The van der Waals surface area contributed by atoms with E-state index in [1.807, 2.05) is 0 Å². The molecule has 0 saturated carbocycles. The van der Waals surface area contributed by atoms with Crippen LogP contribution in [-0.4, -0.2) is 44.7 Å². The van der Waals surface area contributed by atoms with Crippen molar-refractivity contribution in [2.24, 2.45) is 11.8 Å². The molecule has 1 atom stereocenters. The van der Waals surface area contributed by atoms with E-state index in [4.69, 9.17) is 9.47 Å². The molecule has 1 aromatic rings. The number of carbonyl (C=O) groups excluding carboxylic acids is 1. The minimum atomic E-state index is -0.446. The van der Waals surface area contributed by atoms with E-state index in [0.29, 0.717) is 48.3 Å². The molecule has 0 bridgehead atoms. The average molecular weight is 379 g/mol. The van der Waals surface area contributed by atoms with Crippen molar-refractivity contribution in [3.8, 4) is 11.5 Å². The minimum Gasteiger partial charge on any atom is -0.493 e. The summed E-state index contributed by atoms with van der Waals surface area (Å²) in [7, 11) is 2.92. The van der Waals surface area contributed by atoms with Crippen molar-refractivity contribution in [3.63, 3.8) is 0 Å². The summed E-state index contributed by atoms with van der Waals surface area (Å²) in [5.74, 6) is 1.65. The van der Waals surface area contributed by atoms with E-state index >= 15 is 0 Å². The summed E-state index contributed by atoms with van der Waals surface area (Å²) >= 11 is 0. The molecule has 1 aliphatic rings. The lowest BCUT2D eigenvalue weighted by molar-refractivity contribution is -0.385. The normalized spacial score (nSPS) is 15.8. The van der Waals surface area contributed by atoms with Crippen LogP contribution in [0.2, 0.25) is 0 Å². The number of rotatable bonds is 9. The van der Waals surface area contributed by atoms with Gasteiger partial charge in [0.2, 0.25) is 5.91 Å². The molecule has 1 saturated heterocycles. The van der Waals surface area contributed by atoms with Crippen LogP contribution in [0.5, 0.6) is 11.5 Å². The molecule has 8 nitrogen and oxygen atoms in total. The van der Waals surface area contributed by atoms with Crippen LogP contribution in [0.1, 0.15) is 31.7 Å². The predicted octanol–water partition coefficient (Wildman–Crippen LogP) is 2.30. The predicted molar refractivity (Wildman–Crippen MR) is 102 cm³/mol. The Hall–Kier alpha value is -2.35.